The molecule has 1 N–H and O–H groups in total. The zero-order valence-electron chi connectivity index (χ0n) is 12.7. The fraction of sp³-hybridized carbons (Fsp3) is 0.500. The average Bonchev–Trinajstić information content (AvgIpc) is 3.17. The fourth-order valence-electron chi connectivity index (χ4n) is 2.92. The molecule has 0 aliphatic heterocycles. The second-order valence-corrected chi connectivity index (χ2v) is 6.56. The number of hydrogen-bond donors (Lipinski definition) is 1. The molecule has 2 atom stereocenters. The number of fused-ring (bicyclic) bond motifs is 1. The van der Waals surface area contributed by atoms with Crippen LogP contribution < -0.4 is 5.32 Å². The Morgan fingerprint density at radius 3 is 2.90 bits per heavy atom. The smallest absolute Gasteiger partial charge is 0.0705 e. The van der Waals surface area contributed by atoms with Gasteiger partial charge in [-0.2, -0.15) is 0 Å². The van der Waals surface area contributed by atoms with E-state index in [-0.39, 0.29) is 0 Å². The molecule has 106 valence electrons. The number of nitrogens with one attached hydrogen (secondary N) is 1. The highest BCUT2D eigenvalue weighted by Gasteiger charge is 2.37. The predicted octanol–water partition coefficient (Wildman–Crippen LogP) is 3.89. The minimum absolute atomic E-state index is 0.738. The van der Waals surface area contributed by atoms with Gasteiger partial charge in [-0.1, -0.05) is 26.0 Å². The van der Waals surface area contributed by atoms with Gasteiger partial charge in [0.1, 0.15) is 0 Å². The van der Waals surface area contributed by atoms with Gasteiger partial charge in [0.2, 0.25) is 0 Å². The fourth-order valence-corrected chi connectivity index (χ4v) is 2.92. The SMILES string of the molecule is Cc1ccc2cc(C3CC3CNCC(C)C)ccc2n1. The second-order valence-electron chi connectivity index (χ2n) is 6.56. The van der Waals surface area contributed by atoms with Gasteiger partial charge in [0, 0.05) is 11.1 Å². The van der Waals surface area contributed by atoms with Crippen molar-refractivity contribution in [3.05, 3.63) is 41.6 Å². The zero-order chi connectivity index (χ0) is 14.1. The average molecular weight is 268 g/mol. The third-order valence-corrected chi connectivity index (χ3v) is 4.16. The molecule has 1 aliphatic carbocycles. The van der Waals surface area contributed by atoms with Gasteiger partial charge in [-0.25, -0.2) is 0 Å². The van der Waals surface area contributed by atoms with Crippen LogP contribution in [0.1, 0.15) is 37.4 Å². The third-order valence-electron chi connectivity index (χ3n) is 4.16. The van der Waals surface area contributed by atoms with E-state index in [9.17, 15) is 0 Å². The largest absolute Gasteiger partial charge is 0.316 e. The standard InChI is InChI=1S/C18H24N2/c1-12(2)10-19-11-16-9-17(16)14-6-7-18-15(8-14)5-4-13(3)20-18/h4-8,12,16-17,19H,9-11H2,1-3H3. The first kappa shape index (κ1) is 13.6. The van der Waals surface area contributed by atoms with Gasteiger partial charge in [0.15, 0.2) is 0 Å². The Morgan fingerprint density at radius 2 is 2.10 bits per heavy atom. The van der Waals surface area contributed by atoms with Gasteiger partial charge in [-0.3, -0.25) is 4.98 Å². The Labute approximate surface area is 121 Å². The van der Waals surface area contributed by atoms with Crippen molar-refractivity contribution in [2.45, 2.75) is 33.1 Å². The van der Waals surface area contributed by atoms with E-state index in [0.29, 0.717) is 0 Å². The van der Waals surface area contributed by atoms with Crippen molar-refractivity contribution in [1.29, 1.82) is 0 Å². The van der Waals surface area contributed by atoms with E-state index in [1.54, 1.807) is 0 Å². The Hall–Kier alpha value is -1.41. The molecular formula is C18H24N2. The van der Waals surface area contributed by atoms with E-state index in [1.807, 2.05) is 6.92 Å². The van der Waals surface area contributed by atoms with Crippen molar-refractivity contribution in [1.82, 2.24) is 10.3 Å². The summed E-state index contributed by atoms with van der Waals surface area (Å²) in [6.07, 6.45) is 1.33. The number of benzene rings is 1. The lowest BCUT2D eigenvalue weighted by Gasteiger charge is -2.07. The molecule has 0 saturated heterocycles. The number of aryl methyl sites for hydroxylation is 1. The van der Waals surface area contributed by atoms with Gasteiger partial charge < -0.3 is 5.32 Å². The van der Waals surface area contributed by atoms with E-state index in [1.165, 1.54) is 17.4 Å². The topological polar surface area (TPSA) is 24.9 Å². The number of hydrogen-bond acceptors (Lipinski definition) is 2. The molecular weight excluding hydrogens is 244 g/mol. The number of aromatic nitrogens is 1. The minimum Gasteiger partial charge on any atom is -0.316 e. The molecule has 2 nitrogen and oxygen atoms in total. The van der Waals surface area contributed by atoms with E-state index in [2.05, 4.69) is 54.5 Å². The highest BCUT2D eigenvalue weighted by Crippen LogP contribution is 2.47. The summed E-state index contributed by atoms with van der Waals surface area (Å²) < 4.78 is 0. The molecule has 1 aromatic carbocycles. The predicted molar refractivity (Wildman–Crippen MR) is 85.0 cm³/mol. The van der Waals surface area contributed by atoms with Gasteiger partial charge in [-0.15, -0.1) is 0 Å². The molecule has 1 fully saturated rings. The van der Waals surface area contributed by atoms with Crippen LogP contribution in [0, 0.1) is 18.8 Å². The summed E-state index contributed by atoms with van der Waals surface area (Å²) in [5.41, 5.74) is 3.69. The molecule has 1 saturated carbocycles. The molecule has 0 spiro atoms. The summed E-state index contributed by atoms with van der Waals surface area (Å²) in [4.78, 5) is 4.57. The minimum atomic E-state index is 0.738. The molecule has 3 rings (SSSR count). The van der Waals surface area contributed by atoms with Gasteiger partial charge in [-0.05, 0) is 68.0 Å². The van der Waals surface area contributed by atoms with Crippen molar-refractivity contribution in [3.63, 3.8) is 0 Å². The van der Waals surface area contributed by atoms with Crippen molar-refractivity contribution in [2.24, 2.45) is 11.8 Å². The van der Waals surface area contributed by atoms with Gasteiger partial charge in [0.25, 0.3) is 0 Å². The number of nitrogens with zero attached hydrogens (tertiary/aromatic N) is 1. The maximum atomic E-state index is 4.57. The first-order chi connectivity index (χ1) is 9.63. The summed E-state index contributed by atoms with van der Waals surface area (Å²) >= 11 is 0. The monoisotopic (exact) mass is 268 g/mol. The van der Waals surface area contributed by atoms with Crippen LogP contribution in [0.25, 0.3) is 10.9 Å². The van der Waals surface area contributed by atoms with Crippen molar-refractivity contribution >= 4 is 10.9 Å². The van der Waals surface area contributed by atoms with Crippen molar-refractivity contribution < 1.29 is 0 Å². The first-order valence-corrected chi connectivity index (χ1v) is 7.71. The van der Waals surface area contributed by atoms with Gasteiger partial charge >= 0.3 is 0 Å². The van der Waals surface area contributed by atoms with E-state index < -0.39 is 0 Å². The molecule has 1 aromatic heterocycles. The summed E-state index contributed by atoms with van der Waals surface area (Å²) in [7, 11) is 0. The van der Waals surface area contributed by atoms with E-state index in [4.69, 9.17) is 0 Å². The highest BCUT2D eigenvalue weighted by molar-refractivity contribution is 5.79. The lowest BCUT2D eigenvalue weighted by Crippen LogP contribution is -2.22. The maximum absolute atomic E-state index is 4.57. The van der Waals surface area contributed by atoms with Crippen LogP contribution in [0.3, 0.4) is 0 Å². The van der Waals surface area contributed by atoms with Crippen LogP contribution in [0.4, 0.5) is 0 Å². The highest BCUT2D eigenvalue weighted by atomic mass is 14.9. The Balaban J connectivity index is 1.65. The van der Waals surface area contributed by atoms with Crippen LogP contribution >= 0.6 is 0 Å². The normalized spacial score (nSPS) is 21.6. The van der Waals surface area contributed by atoms with Crippen LogP contribution in [0.2, 0.25) is 0 Å². The van der Waals surface area contributed by atoms with Crippen LogP contribution in [-0.2, 0) is 0 Å². The summed E-state index contributed by atoms with van der Waals surface area (Å²) in [5, 5.41) is 4.85. The van der Waals surface area contributed by atoms with Crippen LogP contribution in [-0.4, -0.2) is 18.1 Å². The zero-order valence-corrected chi connectivity index (χ0v) is 12.7. The Morgan fingerprint density at radius 1 is 1.25 bits per heavy atom. The number of pyridine rings is 1. The molecule has 2 unspecified atom stereocenters. The summed E-state index contributed by atoms with van der Waals surface area (Å²) in [6.45, 7) is 8.85. The van der Waals surface area contributed by atoms with Crippen molar-refractivity contribution in [3.8, 4) is 0 Å². The van der Waals surface area contributed by atoms with Crippen LogP contribution in [0.5, 0.6) is 0 Å². The second kappa shape index (κ2) is 5.53. The quantitative estimate of drug-likeness (QED) is 0.890. The molecule has 2 aromatic rings. The number of rotatable bonds is 5. The lowest BCUT2D eigenvalue weighted by molar-refractivity contribution is 0.533. The first-order valence-electron chi connectivity index (χ1n) is 7.71. The molecule has 1 aliphatic rings. The van der Waals surface area contributed by atoms with Crippen LogP contribution in [0.15, 0.2) is 30.3 Å². The summed E-state index contributed by atoms with van der Waals surface area (Å²) in [5.74, 6) is 2.31. The van der Waals surface area contributed by atoms with E-state index >= 15 is 0 Å². The Bertz CT molecular complexity index is 603. The molecule has 0 radical (unpaired) electrons. The Kier molecular flexibility index (Phi) is 3.75. The lowest BCUT2D eigenvalue weighted by atomic mass is 10.1. The molecule has 0 bridgehead atoms. The molecule has 0 amide bonds. The summed E-state index contributed by atoms with van der Waals surface area (Å²) in [6, 6.07) is 11.1. The maximum Gasteiger partial charge on any atom is 0.0705 e. The van der Waals surface area contributed by atoms with Crippen molar-refractivity contribution in [2.75, 3.05) is 13.1 Å². The molecule has 1 heterocycles. The van der Waals surface area contributed by atoms with Gasteiger partial charge in [0.05, 0.1) is 5.52 Å². The van der Waals surface area contributed by atoms with E-state index in [0.717, 1.165) is 42.1 Å². The third kappa shape index (κ3) is 3.01. The molecule has 2 heteroatoms. The molecule has 20 heavy (non-hydrogen) atoms.